The SMILES string of the molecule is COCCOCC(=O)N1CCC(c2nccn2Cn2c(=O)sc3ccccc32)CC1. The van der Waals surface area contributed by atoms with Gasteiger partial charge in [0, 0.05) is 38.5 Å². The van der Waals surface area contributed by atoms with Crippen LogP contribution in [0.2, 0.25) is 0 Å². The molecular weight excluding hydrogens is 404 g/mol. The number of hydrogen-bond acceptors (Lipinski definition) is 6. The fourth-order valence-corrected chi connectivity index (χ4v) is 4.76. The van der Waals surface area contributed by atoms with E-state index < -0.39 is 0 Å². The normalized spacial score (nSPS) is 15.2. The van der Waals surface area contributed by atoms with Gasteiger partial charge < -0.3 is 18.9 Å². The Labute approximate surface area is 178 Å². The Balaban J connectivity index is 1.39. The molecule has 0 saturated carbocycles. The Bertz CT molecular complexity index is 1050. The lowest BCUT2D eigenvalue weighted by molar-refractivity contribution is -0.137. The van der Waals surface area contributed by atoms with E-state index in [1.807, 2.05) is 35.4 Å². The van der Waals surface area contributed by atoms with E-state index >= 15 is 0 Å². The predicted molar refractivity (Wildman–Crippen MR) is 115 cm³/mol. The molecule has 1 fully saturated rings. The van der Waals surface area contributed by atoms with Crippen LogP contribution in [0.5, 0.6) is 0 Å². The summed E-state index contributed by atoms with van der Waals surface area (Å²) < 4.78 is 15.1. The molecule has 1 saturated heterocycles. The number of carbonyl (C=O) groups excluding carboxylic acids is 1. The van der Waals surface area contributed by atoms with Crippen molar-refractivity contribution in [2.45, 2.75) is 25.4 Å². The first-order valence-electron chi connectivity index (χ1n) is 10.1. The smallest absolute Gasteiger partial charge is 0.309 e. The third-order valence-electron chi connectivity index (χ3n) is 5.49. The number of ether oxygens (including phenoxy) is 2. The van der Waals surface area contributed by atoms with E-state index in [0.29, 0.717) is 33.0 Å². The number of methoxy groups -OCH3 is 1. The zero-order valence-electron chi connectivity index (χ0n) is 17.0. The number of fused-ring (bicyclic) bond motifs is 1. The maximum Gasteiger partial charge on any atom is 0.309 e. The standard InChI is InChI=1S/C21H26N4O4S/c1-28-12-13-29-14-19(26)23-9-6-16(7-10-23)20-22-8-11-24(20)15-25-17-4-2-3-5-18(17)30-21(25)27/h2-5,8,11,16H,6-7,9-10,12-15H2,1H3. The van der Waals surface area contributed by atoms with Crippen molar-refractivity contribution < 1.29 is 14.3 Å². The molecule has 3 heterocycles. The molecule has 160 valence electrons. The van der Waals surface area contributed by atoms with Crippen LogP contribution in [0.25, 0.3) is 10.2 Å². The Morgan fingerprint density at radius 1 is 1.23 bits per heavy atom. The number of aromatic nitrogens is 3. The highest BCUT2D eigenvalue weighted by Crippen LogP contribution is 2.27. The average molecular weight is 431 g/mol. The van der Waals surface area contributed by atoms with Crippen molar-refractivity contribution in [3.8, 4) is 0 Å². The van der Waals surface area contributed by atoms with E-state index in [-0.39, 0.29) is 23.3 Å². The predicted octanol–water partition coefficient (Wildman–Crippen LogP) is 2.13. The molecule has 1 aliphatic rings. The third kappa shape index (κ3) is 4.48. The van der Waals surface area contributed by atoms with E-state index in [1.54, 1.807) is 17.9 Å². The molecule has 9 heteroatoms. The van der Waals surface area contributed by atoms with Gasteiger partial charge in [-0.05, 0) is 25.0 Å². The molecule has 4 rings (SSSR count). The van der Waals surface area contributed by atoms with E-state index in [1.165, 1.54) is 11.3 Å². The van der Waals surface area contributed by atoms with Crippen molar-refractivity contribution in [1.82, 2.24) is 19.0 Å². The lowest BCUT2D eigenvalue weighted by atomic mass is 9.96. The highest BCUT2D eigenvalue weighted by molar-refractivity contribution is 7.16. The van der Waals surface area contributed by atoms with Gasteiger partial charge in [0.2, 0.25) is 5.91 Å². The maximum atomic E-state index is 12.5. The molecule has 30 heavy (non-hydrogen) atoms. The summed E-state index contributed by atoms with van der Waals surface area (Å²) in [5.74, 6) is 1.25. The molecule has 8 nitrogen and oxygen atoms in total. The summed E-state index contributed by atoms with van der Waals surface area (Å²) in [5.41, 5.74) is 0.945. The van der Waals surface area contributed by atoms with Gasteiger partial charge in [-0.1, -0.05) is 23.5 Å². The zero-order chi connectivity index (χ0) is 20.9. The summed E-state index contributed by atoms with van der Waals surface area (Å²) in [6, 6.07) is 7.84. The molecule has 0 bridgehead atoms. The van der Waals surface area contributed by atoms with Crippen molar-refractivity contribution in [3.63, 3.8) is 0 Å². The number of likely N-dealkylation sites (tertiary alicyclic amines) is 1. The largest absolute Gasteiger partial charge is 0.382 e. The van der Waals surface area contributed by atoms with Gasteiger partial charge in [-0.2, -0.15) is 0 Å². The summed E-state index contributed by atoms with van der Waals surface area (Å²) in [7, 11) is 1.61. The van der Waals surface area contributed by atoms with Crippen LogP contribution in [0.1, 0.15) is 24.6 Å². The molecule has 2 aromatic heterocycles. The van der Waals surface area contributed by atoms with Crippen LogP contribution in [0.4, 0.5) is 0 Å². The summed E-state index contributed by atoms with van der Waals surface area (Å²) in [4.78, 5) is 31.2. The molecule has 0 N–H and O–H groups in total. The minimum Gasteiger partial charge on any atom is -0.382 e. The number of benzene rings is 1. The quantitative estimate of drug-likeness (QED) is 0.512. The Hall–Kier alpha value is -2.49. The lowest BCUT2D eigenvalue weighted by Gasteiger charge is -2.32. The van der Waals surface area contributed by atoms with Gasteiger partial charge in [-0.25, -0.2) is 4.98 Å². The van der Waals surface area contributed by atoms with Crippen LogP contribution >= 0.6 is 11.3 Å². The summed E-state index contributed by atoms with van der Waals surface area (Å²) in [6.45, 7) is 2.82. The van der Waals surface area contributed by atoms with Gasteiger partial charge >= 0.3 is 4.87 Å². The minimum absolute atomic E-state index is 0.0178. The van der Waals surface area contributed by atoms with Crippen LogP contribution in [0, 0.1) is 0 Å². The van der Waals surface area contributed by atoms with Crippen LogP contribution in [-0.2, 0) is 20.9 Å². The topological polar surface area (TPSA) is 78.6 Å². The second kappa shape index (κ2) is 9.55. The number of amides is 1. The molecule has 0 aliphatic carbocycles. The molecular formula is C21H26N4O4S. The minimum atomic E-state index is 0.0178. The number of carbonyl (C=O) groups is 1. The Morgan fingerprint density at radius 2 is 2.03 bits per heavy atom. The Kier molecular flexibility index (Phi) is 6.61. The van der Waals surface area contributed by atoms with Gasteiger partial charge in [0.15, 0.2) is 0 Å². The summed E-state index contributed by atoms with van der Waals surface area (Å²) in [5, 5.41) is 0. The van der Waals surface area contributed by atoms with Gasteiger partial charge in [-0.3, -0.25) is 14.2 Å². The summed E-state index contributed by atoms with van der Waals surface area (Å²) >= 11 is 1.26. The van der Waals surface area contributed by atoms with Gasteiger partial charge in [0.25, 0.3) is 0 Å². The average Bonchev–Trinajstić information content (AvgIpc) is 3.36. The number of imidazole rings is 1. The molecule has 3 aromatic rings. The van der Waals surface area contributed by atoms with Gasteiger partial charge in [-0.15, -0.1) is 0 Å². The van der Waals surface area contributed by atoms with Gasteiger partial charge in [0.05, 0.1) is 23.4 Å². The fraction of sp³-hybridized carbons (Fsp3) is 0.476. The van der Waals surface area contributed by atoms with E-state index in [9.17, 15) is 9.59 Å². The fourth-order valence-electron chi connectivity index (χ4n) is 3.88. The first-order chi connectivity index (χ1) is 14.7. The van der Waals surface area contributed by atoms with Crippen molar-refractivity contribution >= 4 is 27.5 Å². The number of hydrogen-bond donors (Lipinski definition) is 0. The Morgan fingerprint density at radius 3 is 2.83 bits per heavy atom. The monoisotopic (exact) mass is 430 g/mol. The number of piperidine rings is 1. The molecule has 1 amide bonds. The molecule has 0 radical (unpaired) electrons. The number of rotatable bonds is 8. The molecule has 0 atom stereocenters. The van der Waals surface area contributed by atoms with Crippen LogP contribution in [-0.4, -0.2) is 64.9 Å². The molecule has 0 spiro atoms. The highest BCUT2D eigenvalue weighted by atomic mass is 32.1. The molecule has 1 aromatic carbocycles. The second-order valence-electron chi connectivity index (χ2n) is 7.36. The van der Waals surface area contributed by atoms with Crippen molar-refractivity contribution in [2.24, 2.45) is 0 Å². The van der Waals surface area contributed by atoms with Crippen molar-refractivity contribution in [1.29, 1.82) is 0 Å². The number of thiazole rings is 1. The van der Waals surface area contributed by atoms with Crippen LogP contribution < -0.4 is 4.87 Å². The highest BCUT2D eigenvalue weighted by Gasteiger charge is 2.26. The van der Waals surface area contributed by atoms with Crippen molar-refractivity contribution in [2.75, 3.05) is 40.0 Å². The first kappa shape index (κ1) is 20.8. The molecule has 0 unspecified atom stereocenters. The van der Waals surface area contributed by atoms with E-state index in [0.717, 1.165) is 28.9 Å². The zero-order valence-corrected chi connectivity index (χ0v) is 17.8. The summed E-state index contributed by atoms with van der Waals surface area (Å²) in [6.07, 6.45) is 5.41. The second-order valence-corrected chi connectivity index (χ2v) is 8.35. The number of nitrogens with zero attached hydrogens (tertiary/aromatic N) is 4. The van der Waals surface area contributed by atoms with Gasteiger partial charge in [0.1, 0.15) is 19.1 Å². The van der Waals surface area contributed by atoms with E-state index in [2.05, 4.69) is 9.55 Å². The van der Waals surface area contributed by atoms with Crippen LogP contribution in [0.3, 0.4) is 0 Å². The maximum absolute atomic E-state index is 12.5. The number of para-hydroxylation sites is 1. The van der Waals surface area contributed by atoms with E-state index in [4.69, 9.17) is 9.47 Å². The first-order valence-corrected chi connectivity index (χ1v) is 10.9. The van der Waals surface area contributed by atoms with Crippen LogP contribution in [0.15, 0.2) is 41.5 Å². The lowest BCUT2D eigenvalue weighted by Crippen LogP contribution is -2.40. The third-order valence-corrected chi connectivity index (χ3v) is 6.45. The van der Waals surface area contributed by atoms with Crippen molar-refractivity contribution in [3.05, 3.63) is 52.2 Å². The molecule has 1 aliphatic heterocycles.